The molecule has 132 valence electrons. The Kier molecular flexibility index (Phi) is 5.33. The van der Waals surface area contributed by atoms with Crippen molar-refractivity contribution in [2.75, 3.05) is 42.3 Å². The molecule has 0 saturated carbocycles. The minimum atomic E-state index is -0.261. The first-order chi connectivity index (χ1) is 12.1. The van der Waals surface area contributed by atoms with Crippen LogP contribution in [0.3, 0.4) is 0 Å². The SMILES string of the molecule is CN(C)c1ccc(NC(=O)NCc2ccc(N3CCCC3)nc2)cn1. The van der Waals surface area contributed by atoms with Gasteiger partial charge in [-0.2, -0.15) is 0 Å². The van der Waals surface area contributed by atoms with Gasteiger partial charge in [-0.05, 0) is 36.6 Å². The van der Waals surface area contributed by atoms with E-state index in [4.69, 9.17) is 0 Å². The monoisotopic (exact) mass is 340 g/mol. The normalized spacial score (nSPS) is 13.6. The summed E-state index contributed by atoms with van der Waals surface area (Å²) >= 11 is 0. The Balaban J connectivity index is 1.48. The van der Waals surface area contributed by atoms with Crippen molar-refractivity contribution in [2.24, 2.45) is 0 Å². The zero-order chi connectivity index (χ0) is 17.6. The average molecular weight is 340 g/mol. The maximum absolute atomic E-state index is 12.0. The van der Waals surface area contributed by atoms with Gasteiger partial charge in [0.2, 0.25) is 0 Å². The molecule has 0 aromatic carbocycles. The van der Waals surface area contributed by atoms with Crippen LogP contribution in [0.2, 0.25) is 0 Å². The largest absolute Gasteiger partial charge is 0.363 e. The van der Waals surface area contributed by atoms with E-state index in [-0.39, 0.29) is 6.03 Å². The summed E-state index contributed by atoms with van der Waals surface area (Å²) in [5, 5.41) is 5.61. The fourth-order valence-electron chi connectivity index (χ4n) is 2.74. The fourth-order valence-corrected chi connectivity index (χ4v) is 2.74. The van der Waals surface area contributed by atoms with Crippen LogP contribution in [0.4, 0.5) is 22.1 Å². The zero-order valence-corrected chi connectivity index (χ0v) is 14.7. The van der Waals surface area contributed by atoms with Gasteiger partial charge in [-0.1, -0.05) is 6.07 Å². The summed E-state index contributed by atoms with van der Waals surface area (Å²) in [5.74, 6) is 1.85. The van der Waals surface area contributed by atoms with E-state index in [0.717, 1.165) is 30.3 Å². The lowest BCUT2D eigenvalue weighted by Crippen LogP contribution is -2.28. The second-order valence-corrected chi connectivity index (χ2v) is 6.33. The predicted octanol–water partition coefficient (Wildman–Crippen LogP) is 2.46. The zero-order valence-electron chi connectivity index (χ0n) is 14.7. The van der Waals surface area contributed by atoms with E-state index in [1.165, 1.54) is 12.8 Å². The molecule has 7 heteroatoms. The van der Waals surface area contributed by atoms with Crippen LogP contribution >= 0.6 is 0 Å². The van der Waals surface area contributed by atoms with Gasteiger partial charge in [0.15, 0.2) is 0 Å². The summed E-state index contributed by atoms with van der Waals surface area (Å²) in [6.07, 6.45) is 5.92. The van der Waals surface area contributed by atoms with Crippen molar-refractivity contribution in [3.8, 4) is 0 Å². The maximum atomic E-state index is 12.0. The molecule has 25 heavy (non-hydrogen) atoms. The molecule has 1 aliphatic heterocycles. The first kappa shape index (κ1) is 17.0. The molecule has 3 heterocycles. The van der Waals surface area contributed by atoms with Crippen LogP contribution < -0.4 is 20.4 Å². The second-order valence-electron chi connectivity index (χ2n) is 6.33. The van der Waals surface area contributed by atoms with Gasteiger partial charge in [0.1, 0.15) is 11.6 Å². The van der Waals surface area contributed by atoms with Gasteiger partial charge in [0, 0.05) is 39.9 Å². The third-order valence-electron chi connectivity index (χ3n) is 4.16. The summed E-state index contributed by atoms with van der Waals surface area (Å²) in [4.78, 5) is 24.9. The number of carbonyl (C=O) groups is 1. The first-order valence-electron chi connectivity index (χ1n) is 8.50. The Morgan fingerprint density at radius 2 is 1.92 bits per heavy atom. The fraction of sp³-hybridized carbons (Fsp3) is 0.389. The summed E-state index contributed by atoms with van der Waals surface area (Å²) < 4.78 is 0. The third-order valence-corrected chi connectivity index (χ3v) is 4.16. The average Bonchev–Trinajstić information content (AvgIpc) is 3.15. The van der Waals surface area contributed by atoms with Gasteiger partial charge in [-0.15, -0.1) is 0 Å². The number of amides is 2. The Morgan fingerprint density at radius 1 is 1.12 bits per heavy atom. The van der Waals surface area contributed by atoms with Crippen LogP contribution in [-0.4, -0.2) is 43.2 Å². The number of pyridine rings is 2. The summed E-state index contributed by atoms with van der Waals surface area (Å²) in [6, 6.07) is 7.45. The maximum Gasteiger partial charge on any atom is 0.319 e. The third kappa shape index (κ3) is 4.59. The molecule has 3 rings (SSSR count). The summed E-state index contributed by atoms with van der Waals surface area (Å²) in [7, 11) is 3.84. The Labute approximate surface area is 148 Å². The van der Waals surface area contributed by atoms with E-state index in [0.29, 0.717) is 12.2 Å². The van der Waals surface area contributed by atoms with Crippen molar-refractivity contribution in [1.82, 2.24) is 15.3 Å². The lowest BCUT2D eigenvalue weighted by molar-refractivity contribution is 0.251. The molecule has 2 aromatic heterocycles. The molecule has 1 aliphatic rings. The number of nitrogens with one attached hydrogen (secondary N) is 2. The molecule has 2 N–H and O–H groups in total. The molecule has 7 nitrogen and oxygen atoms in total. The quantitative estimate of drug-likeness (QED) is 0.875. The summed E-state index contributed by atoms with van der Waals surface area (Å²) in [5.41, 5.74) is 1.63. The van der Waals surface area contributed by atoms with Crippen molar-refractivity contribution in [3.63, 3.8) is 0 Å². The van der Waals surface area contributed by atoms with Crippen LogP contribution in [0.15, 0.2) is 36.7 Å². The first-order valence-corrected chi connectivity index (χ1v) is 8.50. The number of urea groups is 1. The minimum Gasteiger partial charge on any atom is -0.363 e. The molecule has 0 bridgehead atoms. The van der Waals surface area contributed by atoms with E-state index in [1.807, 2.05) is 49.5 Å². The van der Waals surface area contributed by atoms with E-state index in [1.54, 1.807) is 6.20 Å². The number of rotatable bonds is 5. The number of carbonyl (C=O) groups excluding carboxylic acids is 1. The smallest absolute Gasteiger partial charge is 0.319 e. The molecular formula is C18H24N6O. The van der Waals surface area contributed by atoms with E-state index >= 15 is 0 Å². The number of hydrogen-bond acceptors (Lipinski definition) is 5. The van der Waals surface area contributed by atoms with Gasteiger partial charge in [-0.25, -0.2) is 14.8 Å². The van der Waals surface area contributed by atoms with Gasteiger partial charge >= 0.3 is 6.03 Å². The Bertz CT molecular complexity index is 693. The van der Waals surface area contributed by atoms with E-state index in [2.05, 4.69) is 25.5 Å². The van der Waals surface area contributed by atoms with Gasteiger partial charge in [0.25, 0.3) is 0 Å². The van der Waals surface area contributed by atoms with Gasteiger partial charge in [-0.3, -0.25) is 0 Å². The van der Waals surface area contributed by atoms with Crippen LogP contribution in [0, 0.1) is 0 Å². The van der Waals surface area contributed by atoms with Crippen molar-refractivity contribution in [3.05, 3.63) is 42.2 Å². The van der Waals surface area contributed by atoms with Crippen molar-refractivity contribution < 1.29 is 4.79 Å². The molecule has 2 amide bonds. The minimum absolute atomic E-state index is 0.261. The highest BCUT2D eigenvalue weighted by Gasteiger charge is 2.13. The van der Waals surface area contributed by atoms with Crippen molar-refractivity contribution in [2.45, 2.75) is 19.4 Å². The highest BCUT2D eigenvalue weighted by Crippen LogP contribution is 2.17. The highest BCUT2D eigenvalue weighted by molar-refractivity contribution is 5.89. The number of aromatic nitrogens is 2. The van der Waals surface area contributed by atoms with Crippen LogP contribution in [0.1, 0.15) is 18.4 Å². The lowest BCUT2D eigenvalue weighted by Gasteiger charge is -2.16. The molecule has 1 fully saturated rings. The Morgan fingerprint density at radius 3 is 2.52 bits per heavy atom. The molecule has 0 unspecified atom stereocenters. The topological polar surface area (TPSA) is 73.4 Å². The molecular weight excluding hydrogens is 316 g/mol. The van der Waals surface area contributed by atoms with Crippen LogP contribution in [0.25, 0.3) is 0 Å². The predicted molar refractivity (Wildman–Crippen MR) is 100 cm³/mol. The van der Waals surface area contributed by atoms with Crippen LogP contribution in [0.5, 0.6) is 0 Å². The molecule has 0 atom stereocenters. The molecule has 0 aliphatic carbocycles. The summed E-state index contributed by atoms with van der Waals surface area (Å²) in [6.45, 7) is 2.59. The standard InChI is InChI=1S/C18H24N6O/c1-23(2)16-8-6-15(13-20-16)22-18(25)21-12-14-5-7-17(19-11-14)24-9-3-4-10-24/h5-8,11,13H,3-4,9-10,12H2,1-2H3,(H2,21,22,25). The van der Waals surface area contributed by atoms with Gasteiger partial charge in [0.05, 0.1) is 11.9 Å². The van der Waals surface area contributed by atoms with Gasteiger partial charge < -0.3 is 20.4 Å². The second kappa shape index (κ2) is 7.83. The molecule has 0 spiro atoms. The highest BCUT2D eigenvalue weighted by atomic mass is 16.2. The van der Waals surface area contributed by atoms with E-state index < -0.39 is 0 Å². The molecule has 0 radical (unpaired) electrons. The van der Waals surface area contributed by atoms with E-state index in [9.17, 15) is 4.79 Å². The molecule has 1 saturated heterocycles. The Hall–Kier alpha value is -2.83. The lowest BCUT2D eigenvalue weighted by atomic mass is 10.3. The number of nitrogens with zero attached hydrogens (tertiary/aromatic N) is 4. The van der Waals surface area contributed by atoms with Crippen molar-refractivity contribution in [1.29, 1.82) is 0 Å². The molecule has 2 aromatic rings. The van der Waals surface area contributed by atoms with Crippen LogP contribution in [-0.2, 0) is 6.54 Å². The van der Waals surface area contributed by atoms with Crippen molar-refractivity contribution >= 4 is 23.4 Å². The number of hydrogen-bond donors (Lipinski definition) is 2. The number of anilines is 3.